The molecule has 0 fully saturated rings. The first-order chi connectivity index (χ1) is 70.2. The van der Waals surface area contributed by atoms with Crippen LogP contribution in [0.25, 0.3) is 60.5 Å². The van der Waals surface area contributed by atoms with Crippen molar-refractivity contribution in [2.75, 3.05) is 7.11 Å². The van der Waals surface area contributed by atoms with Crippen LogP contribution in [0.3, 0.4) is 0 Å². The van der Waals surface area contributed by atoms with Gasteiger partial charge in [0.25, 0.3) is 33.4 Å². The lowest BCUT2D eigenvalue weighted by molar-refractivity contribution is -0.143. The first kappa shape index (κ1) is 109. The number of hydroxylamine groups is 1. The van der Waals surface area contributed by atoms with Crippen LogP contribution in [0.5, 0.6) is 5.75 Å². The molecule has 0 spiro atoms. The number of nitrogens with one attached hydrogen (secondary N) is 3. The number of aromatic nitrogens is 6. The maximum absolute atomic E-state index is 12.8. The topological polar surface area (TPSA) is 435 Å². The van der Waals surface area contributed by atoms with Gasteiger partial charge in [-0.1, -0.05) is 288 Å². The summed E-state index contributed by atoms with van der Waals surface area (Å²) in [7, 11) is 1.58. The number of benzene rings is 11. The Morgan fingerprint density at radius 2 is 0.610 bits per heavy atom. The molecule has 11 aromatic carbocycles. The van der Waals surface area contributed by atoms with Crippen molar-refractivity contribution in [3.63, 3.8) is 0 Å². The van der Waals surface area contributed by atoms with Crippen LogP contribution in [0.15, 0.2) is 320 Å². The molecule has 0 bridgehead atoms. The normalized spacial score (nSPS) is 11.8. The average Bonchev–Trinajstić information content (AvgIpc) is 1.70. The number of ether oxygens (including phenoxy) is 2. The molecule has 37 heteroatoms. The minimum absolute atomic E-state index is 0.0156. The number of carbonyl (C=O) groups is 11. The predicted octanol–water partition coefficient (Wildman–Crippen LogP) is 17.0. The molecule has 3 amide bonds. The third-order valence-corrected chi connectivity index (χ3v) is 29.0. The molecule has 31 nitrogen and oxygen atoms in total. The van der Waals surface area contributed by atoms with Gasteiger partial charge in [0.15, 0.2) is 34.7 Å². The summed E-state index contributed by atoms with van der Waals surface area (Å²) in [5, 5.41) is 30.5. The highest BCUT2D eigenvalue weighted by Gasteiger charge is 2.29. The summed E-state index contributed by atoms with van der Waals surface area (Å²) < 4.78 is 24.1. The van der Waals surface area contributed by atoms with Crippen LogP contribution in [-0.2, 0) is 118 Å². The summed E-state index contributed by atoms with van der Waals surface area (Å²) in [5.41, 5.74) is 9.13. The number of carboxylic acids is 2. The van der Waals surface area contributed by atoms with Crippen molar-refractivity contribution in [3.05, 3.63) is 381 Å². The zero-order chi connectivity index (χ0) is 105. The van der Waals surface area contributed by atoms with E-state index in [1.807, 2.05) is 244 Å². The number of nitrogens with zero attached hydrogens (tertiary/aromatic N) is 6. The van der Waals surface area contributed by atoms with Gasteiger partial charge in [0.2, 0.25) is 11.8 Å². The molecule has 0 radical (unpaired) electrons. The monoisotopic (exact) mass is 2080 g/mol. The van der Waals surface area contributed by atoms with E-state index in [4.69, 9.17) is 19.8 Å². The van der Waals surface area contributed by atoms with Crippen molar-refractivity contribution >= 4 is 194 Å². The van der Waals surface area contributed by atoms with Gasteiger partial charge >= 0.3 is 18.0 Å². The van der Waals surface area contributed by atoms with E-state index in [1.54, 1.807) is 91.9 Å². The quantitative estimate of drug-likeness (QED) is 0.0157. The van der Waals surface area contributed by atoms with Crippen molar-refractivity contribution in [3.8, 4) is 5.75 Å². The zero-order valence-electron chi connectivity index (χ0n) is 80.1. The summed E-state index contributed by atoms with van der Waals surface area (Å²) in [5.74, 6) is -5.40. The molecule has 6 aromatic heterocycles. The highest BCUT2D eigenvalue weighted by atomic mass is 32.1. The van der Waals surface area contributed by atoms with E-state index in [9.17, 15) is 86.6 Å². The van der Waals surface area contributed by atoms with Crippen LogP contribution < -0.4 is 54.4 Å². The van der Waals surface area contributed by atoms with E-state index in [1.165, 1.54) is 89.0 Å². The first-order valence-electron chi connectivity index (χ1n) is 46.3. The molecule has 0 saturated carbocycles. The summed E-state index contributed by atoms with van der Waals surface area (Å²) >= 11 is 7.58. The Morgan fingerprint density at radius 1 is 0.329 bits per heavy atom. The third kappa shape index (κ3) is 31.7. The van der Waals surface area contributed by atoms with E-state index >= 15 is 0 Å². The predicted molar refractivity (Wildman–Crippen MR) is 569 cm³/mol. The lowest BCUT2D eigenvalue weighted by atomic mass is 9.93. The molecule has 754 valence electrons. The zero-order valence-corrected chi connectivity index (χ0v) is 85.0. The SMILES string of the molecule is CC(C)(C)OC(=O)NNC(=O)C(CC(=O)Cn1sc2ccccc2c1=O)Cc1ccccc1.CC(CC(=O)Cn1sc2ccccc2c1=O)c1ccccc1.COc1ccccc1CC(=O)Cn1sc2ccccc2c1=O.O=C(CC(Cc1ccccc1)C(=O)NO)Cn1sc2ccccc2c1=O.O=C(CC(Cc1ccccc1)C(=O)O)Cn1sc2ccccc2c1=O.O=C(O)CCC(=O)Cn1sc2ccccc2c1=O. The molecule has 0 saturated heterocycles. The van der Waals surface area contributed by atoms with Gasteiger partial charge in [0, 0.05) is 44.1 Å². The van der Waals surface area contributed by atoms with Gasteiger partial charge in [-0.15, -0.1) is 0 Å². The van der Waals surface area contributed by atoms with E-state index in [2.05, 4.69) is 10.9 Å². The number of Topliss-reactive ketones (excluding diaryl/α,β-unsaturated/α-hetero) is 6. The lowest BCUT2D eigenvalue weighted by Crippen LogP contribution is -2.47. The van der Waals surface area contributed by atoms with Crippen molar-refractivity contribution in [2.45, 2.75) is 143 Å². The number of para-hydroxylation sites is 1. The number of amides is 3. The number of hydrogen-bond acceptors (Lipinski definition) is 26. The Bertz CT molecular complexity index is 7880. The van der Waals surface area contributed by atoms with Crippen molar-refractivity contribution in [1.29, 1.82) is 0 Å². The molecule has 0 aliphatic heterocycles. The smallest absolute Gasteiger partial charge is 0.426 e. The Kier molecular flexibility index (Phi) is 39.8. The number of aliphatic carboxylic acids is 2. The second-order valence-electron chi connectivity index (χ2n) is 34.9. The number of ketones is 6. The maximum atomic E-state index is 12.8. The van der Waals surface area contributed by atoms with Crippen LogP contribution in [0.4, 0.5) is 4.79 Å². The molecule has 0 aliphatic carbocycles. The molecule has 6 heterocycles. The molecular weight excluding hydrogens is 1980 g/mol. The minimum atomic E-state index is -1.01. The number of carboxylic acid groups (broad SMARTS) is 2. The summed E-state index contributed by atoms with van der Waals surface area (Å²) in [4.78, 5) is 206. The average molecular weight is 2090 g/mol. The van der Waals surface area contributed by atoms with Gasteiger partial charge in [0.1, 0.15) is 11.4 Å². The fourth-order valence-electron chi connectivity index (χ4n) is 15.5. The highest BCUT2D eigenvalue weighted by Crippen LogP contribution is 2.28. The lowest BCUT2D eigenvalue weighted by Gasteiger charge is -2.21. The molecule has 4 unspecified atom stereocenters. The van der Waals surface area contributed by atoms with Gasteiger partial charge in [0.05, 0.1) is 131 Å². The number of hydrogen-bond donors (Lipinski definition) is 6. The molecule has 6 N–H and O–H groups in total. The summed E-state index contributed by atoms with van der Waals surface area (Å²) in [6.45, 7) is 7.09. The third-order valence-electron chi connectivity index (χ3n) is 22.6. The number of hydrazine groups is 1. The fraction of sp³-hybridized carbons (Fsp3) is 0.239. The van der Waals surface area contributed by atoms with Crippen LogP contribution in [-0.4, -0.2) is 116 Å². The molecule has 17 aromatic rings. The molecule has 17 rings (SSSR count). The molecule has 0 aliphatic rings. The van der Waals surface area contributed by atoms with E-state index in [0.29, 0.717) is 63.8 Å². The number of fused-ring (bicyclic) bond motifs is 6. The van der Waals surface area contributed by atoms with Crippen LogP contribution in [0, 0.1) is 17.8 Å². The Hall–Kier alpha value is -15.5. The number of rotatable bonds is 36. The van der Waals surface area contributed by atoms with Gasteiger partial charge in [-0.05, 0) is 147 Å². The van der Waals surface area contributed by atoms with Gasteiger partial charge in [-0.25, -0.2) is 15.7 Å². The largest absolute Gasteiger partial charge is 0.496 e. The van der Waals surface area contributed by atoms with Crippen molar-refractivity contribution in [2.24, 2.45) is 17.8 Å². The molecule has 146 heavy (non-hydrogen) atoms. The van der Waals surface area contributed by atoms with Crippen LogP contribution >= 0.6 is 69.2 Å². The van der Waals surface area contributed by atoms with Gasteiger partial charge in [-0.3, -0.25) is 111 Å². The van der Waals surface area contributed by atoms with Crippen LogP contribution in [0.2, 0.25) is 0 Å². The second-order valence-corrected chi connectivity index (χ2v) is 41.3. The maximum Gasteiger partial charge on any atom is 0.426 e. The highest BCUT2D eigenvalue weighted by molar-refractivity contribution is 7.15. The van der Waals surface area contributed by atoms with E-state index in [0.717, 1.165) is 56.0 Å². The number of methoxy groups -OCH3 is 1. The van der Waals surface area contributed by atoms with Crippen LogP contribution in [0.1, 0.15) is 100.0 Å². The summed E-state index contributed by atoms with van der Waals surface area (Å²) in [6.07, 6.45) is 0.366. The van der Waals surface area contributed by atoms with Crippen molar-refractivity contribution < 1.29 is 77.6 Å². The van der Waals surface area contributed by atoms with Crippen molar-refractivity contribution in [1.82, 2.24) is 40.1 Å². The number of carbonyl (C=O) groups excluding carboxylic acids is 9. The molecule has 4 atom stereocenters. The Labute approximate surface area is 860 Å². The van der Waals surface area contributed by atoms with E-state index in [-0.39, 0.29) is 152 Å². The second kappa shape index (κ2) is 53.2. The Morgan fingerprint density at radius 3 is 0.925 bits per heavy atom. The Balaban J connectivity index is 0.000000157. The first-order valence-corrected chi connectivity index (χ1v) is 50.9. The standard InChI is InChI=1S/C24H27N3O5S.C19H18N2O4S.C19H17NO4S.C18H17NO2S.C17H15NO3S.C12H11NO4S/c1-24(2,3)32-23(31)26-25-21(29)17(13-16-9-5-4-6-10-16)14-18(28)15-27-22(30)19-11-7-8-12-20(19)33-27;22-15(12-21-19(24)16-8-4-5-9-17(16)26-21)11-14(18(23)20-25)10-13-6-2-1-3-7-13;21-15(11-14(19(23)24)10-13-6-2-1-3-7-13)12-20-18(22)16-8-4-5-9-17(16)25-20;1-13(14-7-3-2-4-8-14)11-15(20)12-19-18(21)16-9-5-6-10-17(16)22-19;1-21-15-8-4-2-6-12(15)10-13(19)11-18-17(20)14-7-3-5-9-16(14)22-18;14-8(5-6-11(15)16)7-13-12(17)9-3-1-2-4-10(9)18-13/h4-12,17H,13-15H2,1-3H3,(H,25,29)(H,26,31);1-9,14,25H,10-12H2,(H,20,23);1-9,14H,10-12H2,(H,23,24);2-10,13H,11-12H2,1H3;2-9H,10-11H2,1H3;1-4H,5-7H2,(H,15,16). The summed E-state index contributed by atoms with van der Waals surface area (Å²) in [6, 6.07) is 88.7. The fourth-order valence-corrected chi connectivity index (χ4v) is 21.6. The van der Waals surface area contributed by atoms with E-state index < -0.39 is 53.2 Å². The van der Waals surface area contributed by atoms with Gasteiger partial charge in [-0.2, -0.15) is 0 Å². The molecular formula is C109H105N9O22S6. The minimum Gasteiger partial charge on any atom is -0.496 e. The van der Waals surface area contributed by atoms with Gasteiger partial charge < -0.3 is 19.7 Å².